The van der Waals surface area contributed by atoms with Gasteiger partial charge in [-0.05, 0) is 6.42 Å². The van der Waals surface area contributed by atoms with E-state index in [4.69, 9.17) is 16.7 Å². The first-order chi connectivity index (χ1) is 6.63. The summed E-state index contributed by atoms with van der Waals surface area (Å²) in [6.45, 7) is 1.83. The minimum Gasteiger partial charge on any atom is -0.481 e. The lowest BCUT2D eigenvalue weighted by atomic mass is 10.0. The van der Waals surface area contributed by atoms with Crippen molar-refractivity contribution in [2.75, 3.05) is 0 Å². The molecule has 1 unspecified atom stereocenters. The molecule has 14 heavy (non-hydrogen) atoms. The summed E-state index contributed by atoms with van der Waals surface area (Å²) < 4.78 is 0. The zero-order chi connectivity index (χ0) is 10.6. The van der Waals surface area contributed by atoms with Crippen LogP contribution in [0.15, 0.2) is 12.4 Å². The third kappa shape index (κ3) is 2.96. The maximum Gasteiger partial charge on any atom is 0.306 e. The van der Waals surface area contributed by atoms with Gasteiger partial charge in [0.25, 0.3) is 0 Å². The molecule has 0 aliphatic rings. The molecule has 0 fully saturated rings. The molecule has 0 aromatic carbocycles. The third-order valence-corrected chi connectivity index (χ3v) is 2.13. The van der Waals surface area contributed by atoms with Crippen LogP contribution in [0, 0.1) is 5.92 Å². The molecule has 0 saturated carbocycles. The van der Waals surface area contributed by atoms with Gasteiger partial charge in [0.05, 0.1) is 17.8 Å². The molecule has 1 aromatic heterocycles. The number of hydrogen-bond donors (Lipinski definition) is 1. The van der Waals surface area contributed by atoms with Crippen LogP contribution in [0.3, 0.4) is 0 Å². The summed E-state index contributed by atoms with van der Waals surface area (Å²) in [4.78, 5) is 18.6. The van der Waals surface area contributed by atoms with Crippen LogP contribution in [0.1, 0.15) is 19.0 Å². The van der Waals surface area contributed by atoms with Gasteiger partial charge >= 0.3 is 5.97 Å². The fraction of sp³-hybridized carbons (Fsp3) is 0.444. The van der Waals surface area contributed by atoms with E-state index in [0.29, 0.717) is 23.7 Å². The van der Waals surface area contributed by atoms with Crippen LogP contribution in [0.25, 0.3) is 0 Å². The lowest BCUT2D eigenvalue weighted by Gasteiger charge is -2.08. The molecule has 0 saturated heterocycles. The Balaban J connectivity index is 2.72. The van der Waals surface area contributed by atoms with Crippen LogP contribution in [0.5, 0.6) is 0 Å². The number of halogens is 1. The number of carboxylic acids is 1. The molecule has 5 heteroatoms. The molecule has 4 nitrogen and oxygen atoms in total. The van der Waals surface area contributed by atoms with Crippen molar-refractivity contribution in [3.63, 3.8) is 0 Å². The molecule has 0 aliphatic carbocycles. The lowest BCUT2D eigenvalue weighted by molar-refractivity contribution is -0.141. The standard InChI is InChI=1S/C9H11ClN2O2/c1-2-6(9(13)14)3-7-4-11-5-8(10)12-7/h4-6H,2-3H2,1H3,(H,13,14). The van der Waals surface area contributed by atoms with E-state index in [-0.39, 0.29) is 0 Å². The van der Waals surface area contributed by atoms with Gasteiger partial charge in [-0.25, -0.2) is 4.98 Å². The van der Waals surface area contributed by atoms with Gasteiger partial charge in [-0.2, -0.15) is 0 Å². The van der Waals surface area contributed by atoms with Gasteiger partial charge in [-0.15, -0.1) is 0 Å². The van der Waals surface area contributed by atoms with E-state index in [1.54, 1.807) is 0 Å². The summed E-state index contributed by atoms with van der Waals surface area (Å²) in [7, 11) is 0. The number of aliphatic carboxylic acids is 1. The molecular weight excluding hydrogens is 204 g/mol. The number of carboxylic acid groups (broad SMARTS) is 1. The van der Waals surface area contributed by atoms with Gasteiger partial charge < -0.3 is 5.11 Å². The van der Waals surface area contributed by atoms with Crippen molar-refractivity contribution in [3.8, 4) is 0 Å². The van der Waals surface area contributed by atoms with Crippen LogP contribution < -0.4 is 0 Å². The molecule has 1 N–H and O–H groups in total. The number of hydrogen-bond acceptors (Lipinski definition) is 3. The molecule has 0 radical (unpaired) electrons. The second kappa shape index (κ2) is 4.91. The van der Waals surface area contributed by atoms with E-state index in [9.17, 15) is 4.79 Å². The van der Waals surface area contributed by atoms with Crippen LogP contribution in [-0.4, -0.2) is 21.0 Å². The zero-order valence-electron chi connectivity index (χ0n) is 7.77. The monoisotopic (exact) mass is 214 g/mol. The summed E-state index contributed by atoms with van der Waals surface area (Å²) in [6, 6.07) is 0. The Labute approximate surface area is 87.0 Å². The molecule has 1 atom stereocenters. The molecule has 1 heterocycles. The Hall–Kier alpha value is -1.16. The Morgan fingerprint density at radius 1 is 1.64 bits per heavy atom. The predicted octanol–water partition coefficient (Wildman–Crippen LogP) is 1.78. The summed E-state index contributed by atoms with van der Waals surface area (Å²) >= 11 is 5.63. The predicted molar refractivity (Wildman–Crippen MR) is 52.2 cm³/mol. The highest BCUT2D eigenvalue weighted by Gasteiger charge is 2.16. The Bertz CT molecular complexity index is 330. The highest BCUT2D eigenvalue weighted by atomic mass is 35.5. The quantitative estimate of drug-likeness (QED) is 0.830. The van der Waals surface area contributed by atoms with Gasteiger partial charge in [0.1, 0.15) is 5.15 Å². The van der Waals surface area contributed by atoms with Crippen LogP contribution >= 0.6 is 11.6 Å². The van der Waals surface area contributed by atoms with Gasteiger partial charge in [0.15, 0.2) is 0 Å². The summed E-state index contributed by atoms with van der Waals surface area (Å²) in [5.41, 5.74) is 0.617. The SMILES string of the molecule is CCC(Cc1cncc(Cl)n1)C(=O)O. The molecule has 0 spiro atoms. The maximum absolute atomic E-state index is 10.7. The molecule has 1 aromatic rings. The molecule has 76 valence electrons. The minimum absolute atomic E-state index is 0.294. The Kier molecular flexibility index (Phi) is 3.83. The van der Waals surface area contributed by atoms with E-state index in [2.05, 4.69) is 9.97 Å². The van der Waals surface area contributed by atoms with Gasteiger partial charge in [0, 0.05) is 12.6 Å². The minimum atomic E-state index is -0.811. The molecule has 1 rings (SSSR count). The van der Waals surface area contributed by atoms with E-state index < -0.39 is 11.9 Å². The molecular formula is C9H11ClN2O2. The lowest BCUT2D eigenvalue weighted by Crippen LogP contribution is -2.16. The van der Waals surface area contributed by atoms with Gasteiger partial charge in [-0.3, -0.25) is 9.78 Å². The van der Waals surface area contributed by atoms with Crippen molar-refractivity contribution >= 4 is 17.6 Å². The first kappa shape index (κ1) is 10.9. The number of carbonyl (C=O) groups is 1. The van der Waals surface area contributed by atoms with E-state index in [0.717, 1.165) is 0 Å². The van der Waals surface area contributed by atoms with E-state index >= 15 is 0 Å². The number of nitrogens with zero attached hydrogens (tertiary/aromatic N) is 2. The average molecular weight is 215 g/mol. The second-order valence-electron chi connectivity index (χ2n) is 2.98. The van der Waals surface area contributed by atoms with E-state index in [1.807, 2.05) is 6.92 Å². The third-order valence-electron chi connectivity index (χ3n) is 1.95. The summed E-state index contributed by atoms with van der Waals surface area (Å²) in [5, 5.41) is 9.12. The zero-order valence-corrected chi connectivity index (χ0v) is 8.53. The number of aromatic nitrogens is 2. The maximum atomic E-state index is 10.7. The largest absolute Gasteiger partial charge is 0.481 e. The average Bonchev–Trinajstić information content (AvgIpc) is 2.14. The first-order valence-corrected chi connectivity index (χ1v) is 4.70. The van der Waals surface area contributed by atoms with Crippen LogP contribution in [-0.2, 0) is 11.2 Å². The Morgan fingerprint density at radius 2 is 2.36 bits per heavy atom. The van der Waals surface area contributed by atoms with Crippen molar-refractivity contribution < 1.29 is 9.90 Å². The van der Waals surface area contributed by atoms with Crippen molar-refractivity contribution in [1.29, 1.82) is 0 Å². The fourth-order valence-electron chi connectivity index (χ4n) is 1.14. The van der Waals surface area contributed by atoms with Crippen molar-refractivity contribution in [3.05, 3.63) is 23.2 Å². The summed E-state index contributed by atoms with van der Waals surface area (Å²) in [6.07, 6.45) is 3.91. The van der Waals surface area contributed by atoms with Crippen molar-refractivity contribution in [1.82, 2.24) is 9.97 Å². The van der Waals surface area contributed by atoms with Crippen molar-refractivity contribution in [2.45, 2.75) is 19.8 Å². The second-order valence-corrected chi connectivity index (χ2v) is 3.37. The van der Waals surface area contributed by atoms with Crippen LogP contribution in [0.2, 0.25) is 5.15 Å². The molecule has 0 aliphatic heterocycles. The summed E-state index contributed by atoms with van der Waals surface area (Å²) in [5.74, 6) is -1.22. The van der Waals surface area contributed by atoms with Crippen LogP contribution in [0.4, 0.5) is 0 Å². The van der Waals surface area contributed by atoms with Gasteiger partial charge in [0.2, 0.25) is 0 Å². The highest BCUT2D eigenvalue weighted by molar-refractivity contribution is 6.29. The number of rotatable bonds is 4. The Morgan fingerprint density at radius 3 is 2.86 bits per heavy atom. The highest BCUT2D eigenvalue weighted by Crippen LogP contribution is 2.11. The first-order valence-electron chi connectivity index (χ1n) is 4.32. The van der Waals surface area contributed by atoms with E-state index in [1.165, 1.54) is 12.4 Å². The molecule has 0 amide bonds. The van der Waals surface area contributed by atoms with Crippen molar-refractivity contribution in [2.24, 2.45) is 5.92 Å². The molecule has 0 bridgehead atoms. The topological polar surface area (TPSA) is 63.1 Å². The van der Waals surface area contributed by atoms with Gasteiger partial charge in [-0.1, -0.05) is 18.5 Å². The normalized spacial score (nSPS) is 12.4. The smallest absolute Gasteiger partial charge is 0.306 e. The fourth-order valence-corrected chi connectivity index (χ4v) is 1.30.